The zero-order valence-electron chi connectivity index (χ0n) is 16.0. The highest BCUT2D eigenvalue weighted by Crippen LogP contribution is 2.31. The van der Waals surface area contributed by atoms with Gasteiger partial charge in [-0.1, -0.05) is 30.3 Å². The zero-order chi connectivity index (χ0) is 21.4. The van der Waals surface area contributed by atoms with Crippen LogP contribution in [0.15, 0.2) is 65.7 Å². The van der Waals surface area contributed by atoms with Gasteiger partial charge in [0.1, 0.15) is 0 Å². The van der Waals surface area contributed by atoms with E-state index in [1.807, 2.05) is 30.3 Å². The molecular formula is C21H20F3N3O2S. The molecule has 1 fully saturated rings. The van der Waals surface area contributed by atoms with E-state index in [0.717, 1.165) is 28.6 Å². The highest BCUT2D eigenvalue weighted by molar-refractivity contribution is 7.89. The smallest absolute Gasteiger partial charge is 0.296 e. The van der Waals surface area contributed by atoms with Crippen LogP contribution in [0.25, 0.3) is 10.9 Å². The van der Waals surface area contributed by atoms with E-state index in [1.54, 1.807) is 6.20 Å². The third-order valence-corrected chi connectivity index (χ3v) is 7.14. The van der Waals surface area contributed by atoms with E-state index in [0.29, 0.717) is 25.7 Å². The third-order valence-electron chi connectivity index (χ3n) is 5.24. The van der Waals surface area contributed by atoms with Crippen LogP contribution in [-0.2, 0) is 22.7 Å². The van der Waals surface area contributed by atoms with Gasteiger partial charge >= 0.3 is 6.18 Å². The molecule has 5 nitrogen and oxygen atoms in total. The number of para-hydroxylation sites is 1. The standard InChI is InChI=1S/C21H20F3N3O2S/c22-21(23,24)18-7-2-8-19(14-18)30(28,29)27-12-10-26(11-13-27)15-17-5-1-4-16-6-3-9-25-20(16)17/h1-9,14H,10-13,15H2. The molecule has 1 aliphatic rings. The lowest BCUT2D eigenvalue weighted by atomic mass is 10.1. The maximum Gasteiger partial charge on any atom is 0.416 e. The Bertz CT molecular complexity index is 1150. The van der Waals surface area contributed by atoms with E-state index in [-0.39, 0.29) is 18.0 Å². The number of hydrogen-bond donors (Lipinski definition) is 0. The van der Waals surface area contributed by atoms with Crippen molar-refractivity contribution >= 4 is 20.9 Å². The molecule has 2 aromatic carbocycles. The Morgan fingerprint density at radius 3 is 2.37 bits per heavy atom. The molecule has 0 atom stereocenters. The number of fused-ring (bicyclic) bond motifs is 1. The fraction of sp³-hybridized carbons (Fsp3) is 0.286. The number of benzene rings is 2. The first-order valence-corrected chi connectivity index (χ1v) is 10.9. The molecule has 2 heterocycles. The van der Waals surface area contributed by atoms with Gasteiger partial charge in [0.05, 0.1) is 16.0 Å². The van der Waals surface area contributed by atoms with Crippen LogP contribution in [0.3, 0.4) is 0 Å². The molecule has 0 amide bonds. The predicted molar refractivity (Wildman–Crippen MR) is 107 cm³/mol. The van der Waals surface area contributed by atoms with Gasteiger partial charge in [-0.3, -0.25) is 9.88 Å². The number of hydrogen-bond acceptors (Lipinski definition) is 4. The molecule has 1 saturated heterocycles. The SMILES string of the molecule is O=S(=O)(c1cccc(C(F)(F)F)c1)N1CCN(Cc2cccc3cccnc23)CC1. The van der Waals surface area contributed by atoms with Crippen molar-refractivity contribution in [2.24, 2.45) is 0 Å². The first-order valence-electron chi connectivity index (χ1n) is 9.47. The lowest BCUT2D eigenvalue weighted by Gasteiger charge is -2.34. The van der Waals surface area contributed by atoms with E-state index >= 15 is 0 Å². The number of pyridine rings is 1. The van der Waals surface area contributed by atoms with Crippen molar-refractivity contribution in [1.29, 1.82) is 0 Å². The Morgan fingerprint density at radius 2 is 1.63 bits per heavy atom. The molecule has 0 N–H and O–H groups in total. The minimum atomic E-state index is -4.59. The molecule has 0 bridgehead atoms. The zero-order valence-corrected chi connectivity index (χ0v) is 16.8. The Kier molecular flexibility index (Phi) is 5.52. The van der Waals surface area contributed by atoms with Crippen molar-refractivity contribution in [3.05, 3.63) is 71.9 Å². The summed E-state index contributed by atoms with van der Waals surface area (Å²) < 4.78 is 65.8. The average Bonchev–Trinajstić information content (AvgIpc) is 2.74. The predicted octanol–water partition coefficient (Wildman–Crippen LogP) is 3.76. The Balaban J connectivity index is 1.46. The molecule has 0 radical (unpaired) electrons. The van der Waals surface area contributed by atoms with Crippen molar-refractivity contribution in [3.8, 4) is 0 Å². The van der Waals surface area contributed by atoms with Crippen molar-refractivity contribution in [3.63, 3.8) is 0 Å². The van der Waals surface area contributed by atoms with Crippen LogP contribution in [-0.4, -0.2) is 48.8 Å². The first kappa shape index (κ1) is 20.8. The maximum atomic E-state index is 12.9. The van der Waals surface area contributed by atoms with Gasteiger partial charge in [-0.25, -0.2) is 8.42 Å². The Hall–Kier alpha value is -2.49. The normalized spacial score (nSPS) is 16.8. The number of halogens is 3. The Labute approximate surface area is 172 Å². The van der Waals surface area contributed by atoms with Gasteiger partial charge in [0.2, 0.25) is 10.0 Å². The summed E-state index contributed by atoms with van der Waals surface area (Å²) in [4.78, 5) is 6.24. The van der Waals surface area contributed by atoms with E-state index in [2.05, 4.69) is 9.88 Å². The summed E-state index contributed by atoms with van der Waals surface area (Å²) in [5.41, 5.74) is 1.01. The quantitative estimate of drug-likeness (QED) is 0.626. The number of aromatic nitrogens is 1. The van der Waals surface area contributed by atoms with Gasteiger partial charge in [-0.05, 0) is 29.8 Å². The van der Waals surface area contributed by atoms with Crippen molar-refractivity contribution < 1.29 is 21.6 Å². The minimum Gasteiger partial charge on any atom is -0.296 e. The van der Waals surface area contributed by atoms with E-state index in [4.69, 9.17) is 0 Å². The molecule has 3 aromatic rings. The molecule has 9 heteroatoms. The van der Waals surface area contributed by atoms with Gasteiger partial charge in [-0.15, -0.1) is 0 Å². The summed E-state index contributed by atoms with van der Waals surface area (Å²) in [6.07, 6.45) is -2.85. The molecule has 0 unspecified atom stereocenters. The molecule has 30 heavy (non-hydrogen) atoms. The Morgan fingerprint density at radius 1 is 0.933 bits per heavy atom. The second-order valence-electron chi connectivity index (χ2n) is 7.20. The number of alkyl halides is 3. The summed E-state index contributed by atoms with van der Waals surface area (Å²) in [5.74, 6) is 0. The molecule has 1 aliphatic heterocycles. The molecule has 4 rings (SSSR count). The van der Waals surface area contributed by atoms with E-state index in [9.17, 15) is 21.6 Å². The molecule has 0 saturated carbocycles. The van der Waals surface area contributed by atoms with Crippen LogP contribution in [0, 0.1) is 0 Å². The highest BCUT2D eigenvalue weighted by Gasteiger charge is 2.34. The van der Waals surface area contributed by atoms with Crippen LogP contribution in [0.4, 0.5) is 13.2 Å². The summed E-state index contributed by atoms with van der Waals surface area (Å²) in [6.45, 7) is 2.04. The lowest BCUT2D eigenvalue weighted by molar-refractivity contribution is -0.137. The molecule has 0 spiro atoms. The van der Waals surface area contributed by atoms with Crippen LogP contribution in [0.5, 0.6) is 0 Å². The third kappa shape index (κ3) is 4.19. The van der Waals surface area contributed by atoms with Crippen LogP contribution < -0.4 is 0 Å². The topological polar surface area (TPSA) is 53.5 Å². The van der Waals surface area contributed by atoms with Crippen LogP contribution in [0.2, 0.25) is 0 Å². The molecule has 158 valence electrons. The summed E-state index contributed by atoms with van der Waals surface area (Å²) in [6, 6.07) is 13.7. The average molecular weight is 435 g/mol. The molecule has 0 aliphatic carbocycles. The number of sulfonamides is 1. The van der Waals surface area contributed by atoms with E-state index in [1.165, 1.54) is 10.4 Å². The maximum absolute atomic E-state index is 12.9. The summed E-state index contributed by atoms with van der Waals surface area (Å²) in [5, 5.41) is 1.04. The van der Waals surface area contributed by atoms with Crippen molar-refractivity contribution in [2.45, 2.75) is 17.6 Å². The minimum absolute atomic E-state index is 0.219. The highest BCUT2D eigenvalue weighted by atomic mass is 32.2. The lowest BCUT2D eigenvalue weighted by Crippen LogP contribution is -2.48. The van der Waals surface area contributed by atoms with Crippen LogP contribution in [0.1, 0.15) is 11.1 Å². The second-order valence-corrected chi connectivity index (χ2v) is 9.14. The second kappa shape index (κ2) is 7.98. The number of nitrogens with zero attached hydrogens (tertiary/aromatic N) is 3. The van der Waals surface area contributed by atoms with Crippen molar-refractivity contribution in [1.82, 2.24) is 14.2 Å². The van der Waals surface area contributed by atoms with Gasteiger partial charge in [0.25, 0.3) is 0 Å². The largest absolute Gasteiger partial charge is 0.416 e. The van der Waals surface area contributed by atoms with Gasteiger partial charge in [0.15, 0.2) is 0 Å². The summed E-state index contributed by atoms with van der Waals surface area (Å²) in [7, 11) is -3.98. The van der Waals surface area contributed by atoms with Crippen LogP contribution >= 0.6 is 0 Å². The number of piperazine rings is 1. The van der Waals surface area contributed by atoms with Crippen molar-refractivity contribution in [2.75, 3.05) is 26.2 Å². The van der Waals surface area contributed by atoms with Gasteiger partial charge in [-0.2, -0.15) is 17.5 Å². The number of rotatable bonds is 4. The summed E-state index contributed by atoms with van der Waals surface area (Å²) >= 11 is 0. The monoisotopic (exact) mass is 435 g/mol. The van der Waals surface area contributed by atoms with Gasteiger partial charge in [0, 0.05) is 44.3 Å². The molecule has 1 aromatic heterocycles. The van der Waals surface area contributed by atoms with E-state index < -0.39 is 21.8 Å². The fourth-order valence-corrected chi connectivity index (χ4v) is 5.11. The first-order chi connectivity index (χ1) is 14.2. The fourth-order valence-electron chi connectivity index (χ4n) is 3.65. The van der Waals surface area contributed by atoms with Gasteiger partial charge < -0.3 is 0 Å². The molecular weight excluding hydrogens is 415 g/mol.